The molecule has 0 fully saturated rings. The quantitative estimate of drug-likeness (QED) is 0.580. The highest BCUT2D eigenvalue weighted by molar-refractivity contribution is 6.30. The normalized spacial score (nSPS) is 12.6. The number of amides is 1. The number of nitrogens with zero attached hydrogens (tertiary/aromatic N) is 2. The first-order chi connectivity index (χ1) is 14.6. The lowest BCUT2D eigenvalue weighted by atomic mass is 10.0. The van der Waals surface area contributed by atoms with E-state index in [4.69, 9.17) is 11.6 Å². The Labute approximate surface area is 182 Å². The third-order valence-corrected chi connectivity index (χ3v) is 5.16. The van der Waals surface area contributed by atoms with E-state index < -0.39 is 23.7 Å². The molecule has 0 aliphatic heterocycles. The summed E-state index contributed by atoms with van der Waals surface area (Å²) >= 11 is 5.92. The molecule has 9 heteroatoms. The van der Waals surface area contributed by atoms with E-state index in [1.165, 1.54) is 21.3 Å². The maximum Gasteiger partial charge on any atom is 0.416 e. The Morgan fingerprint density at radius 1 is 1.16 bits per heavy atom. The molecule has 0 saturated carbocycles. The minimum Gasteiger partial charge on any atom is -0.348 e. The number of hydrogen-bond acceptors (Lipinski definition) is 2. The van der Waals surface area contributed by atoms with Crippen LogP contribution < -0.4 is 11.0 Å². The van der Waals surface area contributed by atoms with Gasteiger partial charge in [0.15, 0.2) is 0 Å². The van der Waals surface area contributed by atoms with Gasteiger partial charge in [0.1, 0.15) is 6.54 Å². The minimum absolute atomic E-state index is 0.254. The number of carbonyl (C=O) groups excluding carboxylic acids is 1. The van der Waals surface area contributed by atoms with Crippen LogP contribution in [-0.2, 0) is 24.1 Å². The van der Waals surface area contributed by atoms with Crippen LogP contribution in [0.15, 0.2) is 59.5 Å². The zero-order chi connectivity index (χ0) is 22.8. The van der Waals surface area contributed by atoms with Gasteiger partial charge in [-0.3, -0.25) is 13.9 Å². The zero-order valence-electron chi connectivity index (χ0n) is 16.9. The number of rotatable bonds is 6. The van der Waals surface area contributed by atoms with E-state index in [1.807, 2.05) is 6.92 Å². The molecule has 5 nitrogen and oxygen atoms in total. The fourth-order valence-corrected chi connectivity index (χ4v) is 3.44. The van der Waals surface area contributed by atoms with Crippen LogP contribution in [0, 0.1) is 0 Å². The Morgan fingerprint density at radius 3 is 2.45 bits per heavy atom. The SMILES string of the molecule is CCn1c(-c2ccc(Cl)cc2)cn(CC(=O)NC(C)c2cccc(C(F)(F)F)c2)c1=O. The minimum atomic E-state index is -4.46. The van der Waals surface area contributed by atoms with Crippen LogP contribution in [0.2, 0.25) is 5.02 Å². The summed E-state index contributed by atoms with van der Waals surface area (Å²) in [4.78, 5) is 25.2. The van der Waals surface area contributed by atoms with Gasteiger partial charge < -0.3 is 5.32 Å². The first kappa shape index (κ1) is 22.7. The highest BCUT2D eigenvalue weighted by atomic mass is 35.5. The third kappa shape index (κ3) is 5.19. The molecule has 0 spiro atoms. The Balaban J connectivity index is 1.78. The van der Waals surface area contributed by atoms with Crippen LogP contribution >= 0.6 is 11.6 Å². The van der Waals surface area contributed by atoms with E-state index in [-0.39, 0.29) is 12.2 Å². The molecule has 31 heavy (non-hydrogen) atoms. The molecule has 0 aliphatic rings. The van der Waals surface area contributed by atoms with Gasteiger partial charge in [-0.05, 0) is 49.2 Å². The van der Waals surface area contributed by atoms with Crippen molar-refractivity contribution < 1.29 is 18.0 Å². The summed E-state index contributed by atoms with van der Waals surface area (Å²) < 4.78 is 41.6. The second kappa shape index (κ2) is 9.01. The maximum absolute atomic E-state index is 12.9. The van der Waals surface area contributed by atoms with Crippen molar-refractivity contribution in [1.82, 2.24) is 14.5 Å². The molecule has 0 saturated heterocycles. The Bertz CT molecular complexity index is 1130. The summed E-state index contributed by atoms with van der Waals surface area (Å²) in [5, 5.41) is 3.22. The molecule has 164 valence electrons. The summed E-state index contributed by atoms with van der Waals surface area (Å²) in [5.74, 6) is -0.483. The van der Waals surface area contributed by atoms with Crippen molar-refractivity contribution in [2.45, 2.75) is 39.2 Å². The number of carbonyl (C=O) groups is 1. The topological polar surface area (TPSA) is 56.0 Å². The monoisotopic (exact) mass is 451 g/mol. The van der Waals surface area contributed by atoms with Gasteiger partial charge >= 0.3 is 11.9 Å². The van der Waals surface area contributed by atoms with Crippen molar-refractivity contribution in [2.24, 2.45) is 0 Å². The fraction of sp³-hybridized carbons (Fsp3) is 0.273. The molecule has 0 aliphatic carbocycles. The van der Waals surface area contributed by atoms with Gasteiger partial charge in [-0.1, -0.05) is 35.9 Å². The summed E-state index contributed by atoms with van der Waals surface area (Å²) in [6.45, 7) is 3.56. The lowest BCUT2D eigenvalue weighted by Crippen LogP contribution is -2.34. The predicted molar refractivity (Wildman–Crippen MR) is 113 cm³/mol. The molecule has 1 amide bonds. The zero-order valence-corrected chi connectivity index (χ0v) is 17.7. The van der Waals surface area contributed by atoms with Crippen molar-refractivity contribution in [2.75, 3.05) is 0 Å². The van der Waals surface area contributed by atoms with Gasteiger partial charge in [-0.25, -0.2) is 4.79 Å². The number of benzene rings is 2. The Kier molecular flexibility index (Phi) is 6.59. The summed E-state index contributed by atoms with van der Waals surface area (Å²) in [7, 11) is 0. The number of alkyl halides is 3. The van der Waals surface area contributed by atoms with E-state index in [1.54, 1.807) is 37.4 Å². The van der Waals surface area contributed by atoms with Crippen LogP contribution in [0.4, 0.5) is 13.2 Å². The smallest absolute Gasteiger partial charge is 0.348 e. The highest BCUT2D eigenvalue weighted by Crippen LogP contribution is 2.30. The first-order valence-corrected chi connectivity index (χ1v) is 10.0. The van der Waals surface area contributed by atoms with E-state index in [0.717, 1.165) is 17.7 Å². The van der Waals surface area contributed by atoms with Crippen LogP contribution in [0.25, 0.3) is 11.3 Å². The summed E-state index contributed by atoms with van der Waals surface area (Å²) in [6.07, 6.45) is -2.88. The second-order valence-corrected chi connectivity index (χ2v) is 7.52. The molecule has 3 aromatic rings. The average molecular weight is 452 g/mol. The molecule has 0 radical (unpaired) electrons. The molecule has 2 aromatic carbocycles. The average Bonchev–Trinajstić information content (AvgIpc) is 3.03. The van der Waals surface area contributed by atoms with Gasteiger partial charge in [0.2, 0.25) is 5.91 Å². The van der Waals surface area contributed by atoms with Crippen LogP contribution in [0.5, 0.6) is 0 Å². The second-order valence-electron chi connectivity index (χ2n) is 7.09. The summed E-state index contributed by atoms with van der Waals surface area (Å²) in [5.41, 5.74) is 0.607. The van der Waals surface area contributed by atoms with E-state index in [0.29, 0.717) is 22.8 Å². The van der Waals surface area contributed by atoms with Gasteiger partial charge in [-0.2, -0.15) is 13.2 Å². The first-order valence-electron chi connectivity index (χ1n) is 9.62. The number of nitrogens with one attached hydrogen (secondary N) is 1. The highest BCUT2D eigenvalue weighted by Gasteiger charge is 2.30. The van der Waals surface area contributed by atoms with Gasteiger partial charge in [0.05, 0.1) is 17.3 Å². The predicted octanol–water partition coefficient (Wildman–Crippen LogP) is 4.89. The Hall–Kier alpha value is -3.00. The third-order valence-electron chi connectivity index (χ3n) is 4.91. The van der Waals surface area contributed by atoms with E-state index in [9.17, 15) is 22.8 Å². The van der Waals surface area contributed by atoms with Crippen molar-refractivity contribution in [1.29, 1.82) is 0 Å². The molecule has 1 aromatic heterocycles. The number of imidazole rings is 1. The molecule has 1 atom stereocenters. The lowest BCUT2D eigenvalue weighted by molar-refractivity contribution is -0.137. The van der Waals surface area contributed by atoms with Crippen molar-refractivity contribution >= 4 is 17.5 Å². The molecule has 0 bridgehead atoms. The fourth-order valence-electron chi connectivity index (χ4n) is 3.31. The maximum atomic E-state index is 12.9. The molecule has 1 heterocycles. The van der Waals surface area contributed by atoms with Crippen molar-refractivity contribution in [3.63, 3.8) is 0 Å². The van der Waals surface area contributed by atoms with Crippen LogP contribution in [-0.4, -0.2) is 15.0 Å². The number of hydrogen-bond donors (Lipinski definition) is 1. The lowest BCUT2D eigenvalue weighted by Gasteiger charge is -2.16. The Morgan fingerprint density at radius 2 is 1.84 bits per heavy atom. The standard InChI is InChI=1S/C22H21ClF3N3O2/c1-3-29-19(15-7-9-18(23)10-8-15)12-28(21(29)31)13-20(30)27-14(2)16-5-4-6-17(11-16)22(24,25)26/h4-12,14H,3,13H2,1-2H3,(H,27,30). The van der Waals surface area contributed by atoms with Crippen molar-refractivity contribution in [3.8, 4) is 11.3 Å². The largest absolute Gasteiger partial charge is 0.416 e. The van der Waals surface area contributed by atoms with Crippen LogP contribution in [0.1, 0.15) is 31.0 Å². The number of halogens is 4. The van der Waals surface area contributed by atoms with Crippen molar-refractivity contribution in [3.05, 3.63) is 81.4 Å². The van der Waals surface area contributed by atoms with Gasteiger partial charge in [0, 0.05) is 17.8 Å². The molecular formula is C22H21ClF3N3O2. The van der Waals surface area contributed by atoms with Gasteiger partial charge in [0.25, 0.3) is 0 Å². The van der Waals surface area contributed by atoms with E-state index >= 15 is 0 Å². The molecular weight excluding hydrogens is 431 g/mol. The van der Waals surface area contributed by atoms with Crippen LogP contribution in [0.3, 0.4) is 0 Å². The molecule has 3 rings (SSSR count). The molecule has 1 N–H and O–H groups in total. The molecule has 1 unspecified atom stereocenters. The summed E-state index contributed by atoms with van der Waals surface area (Å²) in [6, 6.07) is 11.1. The number of aromatic nitrogens is 2. The van der Waals surface area contributed by atoms with E-state index in [2.05, 4.69) is 5.32 Å². The van der Waals surface area contributed by atoms with Gasteiger partial charge in [-0.15, -0.1) is 0 Å².